The van der Waals surface area contributed by atoms with Crippen LogP contribution in [0.1, 0.15) is 26.3 Å². The molecule has 1 rings (SSSR count). The fourth-order valence-electron chi connectivity index (χ4n) is 1.30. The summed E-state index contributed by atoms with van der Waals surface area (Å²) in [6.45, 7) is 7.27. The van der Waals surface area contributed by atoms with Gasteiger partial charge in [0.05, 0.1) is 6.61 Å². The van der Waals surface area contributed by atoms with Crippen molar-refractivity contribution >= 4 is 12.4 Å². The van der Waals surface area contributed by atoms with Crippen LogP contribution in [0, 0.1) is 0 Å². The van der Waals surface area contributed by atoms with E-state index in [-0.39, 0.29) is 18.2 Å². The molecule has 0 aromatic heterocycles. The largest absolute Gasteiger partial charge is 0.504 e. The molecule has 0 fully saturated rings. The van der Waals surface area contributed by atoms with E-state index in [2.05, 4.69) is 19.2 Å². The topological polar surface area (TPSA) is 41.5 Å². The quantitative estimate of drug-likeness (QED) is 0.838. The van der Waals surface area contributed by atoms with Gasteiger partial charge in [-0.2, -0.15) is 0 Å². The second kappa shape index (κ2) is 7.36. The van der Waals surface area contributed by atoms with Gasteiger partial charge in [0.1, 0.15) is 0 Å². The van der Waals surface area contributed by atoms with Crippen molar-refractivity contribution in [1.29, 1.82) is 0 Å². The van der Waals surface area contributed by atoms with Gasteiger partial charge in [-0.25, -0.2) is 0 Å². The average molecular weight is 246 g/mol. The molecular weight excluding hydrogens is 226 g/mol. The highest BCUT2D eigenvalue weighted by Crippen LogP contribution is 2.29. The first-order valence-electron chi connectivity index (χ1n) is 5.32. The minimum Gasteiger partial charge on any atom is -0.504 e. The Bertz CT molecular complexity index is 316. The van der Waals surface area contributed by atoms with E-state index >= 15 is 0 Å². The molecule has 1 aromatic carbocycles. The SMILES string of the molecule is CCOc1cccc(CNC(C)C)c1O.Cl. The summed E-state index contributed by atoms with van der Waals surface area (Å²) in [5.41, 5.74) is 0.870. The van der Waals surface area contributed by atoms with Gasteiger partial charge in [-0.1, -0.05) is 26.0 Å². The zero-order valence-corrected chi connectivity index (χ0v) is 10.8. The molecule has 2 N–H and O–H groups in total. The summed E-state index contributed by atoms with van der Waals surface area (Å²) in [7, 11) is 0. The van der Waals surface area contributed by atoms with Gasteiger partial charge in [-0.15, -0.1) is 12.4 Å². The van der Waals surface area contributed by atoms with Gasteiger partial charge in [-0.05, 0) is 13.0 Å². The molecule has 1 aromatic rings. The average Bonchev–Trinajstić information content (AvgIpc) is 2.19. The molecule has 0 spiro atoms. The highest BCUT2D eigenvalue weighted by Gasteiger charge is 2.07. The predicted molar refractivity (Wildman–Crippen MR) is 68.5 cm³/mol. The van der Waals surface area contributed by atoms with Gasteiger partial charge in [0.15, 0.2) is 11.5 Å². The fourth-order valence-corrected chi connectivity index (χ4v) is 1.30. The highest BCUT2D eigenvalue weighted by atomic mass is 35.5. The second-order valence-electron chi connectivity index (χ2n) is 3.73. The van der Waals surface area contributed by atoms with Gasteiger partial charge in [0.2, 0.25) is 0 Å². The predicted octanol–water partition coefficient (Wildman–Crippen LogP) is 2.71. The molecule has 16 heavy (non-hydrogen) atoms. The van der Waals surface area contributed by atoms with Crippen LogP contribution in [0.25, 0.3) is 0 Å². The van der Waals surface area contributed by atoms with E-state index in [1.54, 1.807) is 6.07 Å². The minimum atomic E-state index is 0. The first-order chi connectivity index (χ1) is 7.15. The molecule has 0 unspecified atom stereocenters. The third kappa shape index (κ3) is 4.29. The lowest BCUT2D eigenvalue weighted by Gasteiger charge is -2.12. The van der Waals surface area contributed by atoms with Crippen molar-refractivity contribution in [3.05, 3.63) is 23.8 Å². The van der Waals surface area contributed by atoms with E-state index in [0.29, 0.717) is 24.9 Å². The fraction of sp³-hybridized carbons (Fsp3) is 0.500. The Hall–Kier alpha value is -0.930. The number of ether oxygens (including phenoxy) is 1. The summed E-state index contributed by atoms with van der Waals surface area (Å²) in [5.74, 6) is 0.799. The molecule has 0 radical (unpaired) electrons. The molecule has 0 bridgehead atoms. The standard InChI is InChI=1S/C12H19NO2.ClH/c1-4-15-11-7-5-6-10(12(11)14)8-13-9(2)3;/h5-7,9,13-14H,4,8H2,1-3H3;1H. The highest BCUT2D eigenvalue weighted by molar-refractivity contribution is 5.85. The van der Waals surface area contributed by atoms with E-state index in [0.717, 1.165) is 5.56 Å². The van der Waals surface area contributed by atoms with Gasteiger partial charge >= 0.3 is 0 Å². The Morgan fingerprint density at radius 3 is 2.62 bits per heavy atom. The molecule has 92 valence electrons. The van der Waals surface area contributed by atoms with Crippen LogP contribution in [0.15, 0.2) is 18.2 Å². The first kappa shape index (κ1) is 15.1. The maximum absolute atomic E-state index is 9.87. The Balaban J connectivity index is 0.00000225. The van der Waals surface area contributed by atoms with Crippen molar-refractivity contribution < 1.29 is 9.84 Å². The third-order valence-corrected chi connectivity index (χ3v) is 2.08. The number of para-hydroxylation sites is 1. The van der Waals surface area contributed by atoms with Crippen LogP contribution in [0.2, 0.25) is 0 Å². The van der Waals surface area contributed by atoms with Gasteiger partial charge in [-0.3, -0.25) is 0 Å². The summed E-state index contributed by atoms with van der Waals surface area (Å²) in [5, 5.41) is 13.1. The van der Waals surface area contributed by atoms with Crippen molar-refractivity contribution in [2.75, 3.05) is 6.61 Å². The van der Waals surface area contributed by atoms with Crippen molar-refractivity contribution in [2.45, 2.75) is 33.4 Å². The molecule has 0 atom stereocenters. The van der Waals surface area contributed by atoms with E-state index in [1.165, 1.54) is 0 Å². The molecule has 0 aliphatic heterocycles. The van der Waals surface area contributed by atoms with Crippen molar-refractivity contribution in [2.24, 2.45) is 0 Å². The number of benzene rings is 1. The monoisotopic (exact) mass is 245 g/mol. The molecule has 0 amide bonds. The zero-order chi connectivity index (χ0) is 11.3. The molecular formula is C12H20ClNO2. The van der Waals surface area contributed by atoms with Crippen LogP contribution < -0.4 is 10.1 Å². The zero-order valence-electron chi connectivity index (χ0n) is 9.99. The van der Waals surface area contributed by atoms with Crippen LogP contribution in [0.4, 0.5) is 0 Å². The Labute approximate surface area is 103 Å². The molecule has 0 saturated carbocycles. The Kier molecular flexibility index (Phi) is 6.93. The Morgan fingerprint density at radius 1 is 1.38 bits per heavy atom. The van der Waals surface area contributed by atoms with Crippen molar-refractivity contribution in [3.63, 3.8) is 0 Å². The van der Waals surface area contributed by atoms with Crippen LogP contribution in [0.3, 0.4) is 0 Å². The minimum absolute atomic E-state index is 0. The maximum Gasteiger partial charge on any atom is 0.162 e. The van der Waals surface area contributed by atoms with E-state index < -0.39 is 0 Å². The number of rotatable bonds is 5. The van der Waals surface area contributed by atoms with Crippen molar-refractivity contribution in [1.82, 2.24) is 5.32 Å². The molecule has 4 heteroatoms. The summed E-state index contributed by atoms with van der Waals surface area (Å²) >= 11 is 0. The summed E-state index contributed by atoms with van der Waals surface area (Å²) in [6.07, 6.45) is 0. The molecule has 0 saturated heterocycles. The van der Waals surface area contributed by atoms with Gasteiger partial charge < -0.3 is 15.2 Å². The van der Waals surface area contributed by atoms with E-state index in [9.17, 15) is 5.11 Å². The lowest BCUT2D eigenvalue weighted by Crippen LogP contribution is -2.21. The molecule has 0 aliphatic carbocycles. The summed E-state index contributed by atoms with van der Waals surface area (Å²) < 4.78 is 5.31. The molecule has 3 nitrogen and oxygen atoms in total. The van der Waals surface area contributed by atoms with Crippen LogP contribution in [-0.4, -0.2) is 17.8 Å². The van der Waals surface area contributed by atoms with Gasteiger partial charge in [0.25, 0.3) is 0 Å². The number of phenolic OH excluding ortho intramolecular Hbond substituents is 1. The van der Waals surface area contributed by atoms with Crippen LogP contribution >= 0.6 is 12.4 Å². The summed E-state index contributed by atoms with van der Waals surface area (Å²) in [6, 6.07) is 5.97. The van der Waals surface area contributed by atoms with Crippen molar-refractivity contribution in [3.8, 4) is 11.5 Å². The molecule has 0 aliphatic rings. The number of halogens is 1. The third-order valence-electron chi connectivity index (χ3n) is 2.08. The lowest BCUT2D eigenvalue weighted by molar-refractivity contribution is 0.316. The smallest absolute Gasteiger partial charge is 0.162 e. The normalized spacial score (nSPS) is 10.0. The second-order valence-corrected chi connectivity index (χ2v) is 3.73. The number of phenols is 1. The Morgan fingerprint density at radius 2 is 2.06 bits per heavy atom. The van der Waals surface area contributed by atoms with Gasteiger partial charge in [0, 0.05) is 18.2 Å². The number of nitrogens with one attached hydrogen (secondary N) is 1. The lowest BCUT2D eigenvalue weighted by atomic mass is 10.2. The molecule has 0 heterocycles. The van der Waals surface area contributed by atoms with Crippen LogP contribution in [-0.2, 0) is 6.54 Å². The maximum atomic E-state index is 9.87. The first-order valence-corrected chi connectivity index (χ1v) is 5.32. The number of hydrogen-bond donors (Lipinski definition) is 2. The van der Waals surface area contributed by atoms with E-state index in [1.807, 2.05) is 19.1 Å². The van der Waals surface area contributed by atoms with Crippen LogP contribution in [0.5, 0.6) is 11.5 Å². The summed E-state index contributed by atoms with van der Waals surface area (Å²) in [4.78, 5) is 0. The number of aromatic hydroxyl groups is 1. The number of hydrogen-bond acceptors (Lipinski definition) is 3. The van der Waals surface area contributed by atoms with E-state index in [4.69, 9.17) is 4.74 Å².